The van der Waals surface area contributed by atoms with Gasteiger partial charge in [0.25, 0.3) is 0 Å². The first-order valence-corrected chi connectivity index (χ1v) is 7.02. The monoisotopic (exact) mass is 291 g/mol. The van der Waals surface area contributed by atoms with Gasteiger partial charge in [0.1, 0.15) is 24.0 Å². The molecule has 2 aromatic rings. The van der Waals surface area contributed by atoms with Crippen molar-refractivity contribution in [1.29, 1.82) is 0 Å². The molecule has 106 valence electrons. The number of para-hydroxylation sites is 1. The number of hydrogen-bond acceptors (Lipinski definition) is 4. The lowest BCUT2D eigenvalue weighted by Crippen LogP contribution is -2.13. The molecule has 0 amide bonds. The lowest BCUT2D eigenvalue weighted by Gasteiger charge is -2.10. The topological polar surface area (TPSA) is 47.0 Å². The fourth-order valence-electron chi connectivity index (χ4n) is 1.80. The van der Waals surface area contributed by atoms with Gasteiger partial charge in [-0.1, -0.05) is 30.7 Å². The van der Waals surface area contributed by atoms with Crippen LogP contribution in [0.5, 0.6) is 5.75 Å². The van der Waals surface area contributed by atoms with Gasteiger partial charge in [-0.05, 0) is 25.5 Å². The van der Waals surface area contributed by atoms with Gasteiger partial charge in [0.15, 0.2) is 0 Å². The van der Waals surface area contributed by atoms with E-state index in [-0.39, 0.29) is 0 Å². The number of anilines is 1. The predicted molar refractivity (Wildman–Crippen MR) is 81.6 cm³/mol. The van der Waals surface area contributed by atoms with Crippen LogP contribution in [0.4, 0.5) is 5.82 Å². The first-order valence-electron chi connectivity index (χ1n) is 6.65. The first-order chi connectivity index (χ1) is 9.69. The number of ether oxygens (including phenoxy) is 1. The van der Waals surface area contributed by atoms with E-state index in [1.54, 1.807) is 0 Å². The molecule has 20 heavy (non-hydrogen) atoms. The minimum absolute atomic E-state index is 0.522. The molecule has 0 aliphatic heterocycles. The van der Waals surface area contributed by atoms with Crippen LogP contribution in [0, 0.1) is 6.92 Å². The summed E-state index contributed by atoms with van der Waals surface area (Å²) in [5.74, 6) is 2.31. The standard InChI is InChI=1S/C15H18ClN3O/c1-3-12-10-15(19-11(2)18-12)17-8-9-20-14-7-5-4-6-13(14)16/h4-7,10H,3,8-9H2,1-2H3,(H,17,18,19). The minimum Gasteiger partial charge on any atom is -0.490 e. The number of hydrogen-bond donors (Lipinski definition) is 1. The molecule has 4 nitrogen and oxygen atoms in total. The Hall–Kier alpha value is -1.81. The summed E-state index contributed by atoms with van der Waals surface area (Å²) in [5, 5.41) is 3.85. The lowest BCUT2D eigenvalue weighted by molar-refractivity contribution is 0.333. The summed E-state index contributed by atoms with van der Waals surface area (Å²) in [5.41, 5.74) is 1.03. The Labute approximate surface area is 124 Å². The highest BCUT2D eigenvalue weighted by atomic mass is 35.5. The lowest BCUT2D eigenvalue weighted by atomic mass is 10.3. The van der Waals surface area contributed by atoms with Crippen LogP contribution >= 0.6 is 11.6 Å². The maximum atomic E-state index is 6.01. The third-order valence-corrected chi connectivity index (χ3v) is 3.07. The second kappa shape index (κ2) is 7.10. The van der Waals surface area contributed by atoms with Crippen molar-refractivity contribution in [2.75, 3.05) is 18.5 Å². The number of nitrogens with zero attached hydrogens (tertiary/aromatic N) is 2. The normalized spacial score (nSPS) is 10.3. The molecule has 1 aromatic carbocycles. The Balaban J connectivity index is 1.84. The molecular weight excluding hydrogens is 274 g/mol. The summed E-state index contributed by atoms with van der Waals surface area (Å²) in [6, 6.07) is 9.40. The van der Waals surface area contributed by atoms with Crippen molar-refractivity contribution >= 4 is 17.4 Å². The van der Waals surface area contributed by atoms with E-state index in [4.69, 9.17) is 16.3 Å². The van der Waals surface area contributed by atoms with Gasteiger partial charge < -0.3 is 10.1 Å². The van der Waals surface area contributed by atoms with E-state index in [1.165, 1.54) is 0 Å². The molecule has 0 aliphatic rings. The van der Waals surface area contributed by atoms with Crippen LogP contribution < -0.4 is 10.1 Å². The fourth-order valence-corrected chi connectivity index (χ4v) is 1.99. The zero-order valence-corrected chi connectivity index (χ0v) is 12.4. The van der Waals surface area contributed by atoms with Crippen LogP contribution in [-0.4, -0.2) is 23.1 Å². The minimum atomic E-state index is 0.522. The van der Waals surface area contributed by atoms with Crippen LogP contribution in [0.15, 0.2) is 30.3 Å². The number of nitrogens with one attached hydrogen (secondary N) is 1. The van der Waals surface area contributed by atoms with Crippen LogP contribution in [-0.2, 0) is 6.42 Å². The van der Waals surface area contributed by atoms with Crippen molar-refractivity contribution in [2.45, 2.75) is 20.3 Å². The van der Waals surface area contributed by atoms with Gasteiger partial charge in [0, 0.05) is 11.8 Å². The van der Waals surface area contributed by atoms with E-state index in [2.05, 4.69) is 22.2 Å². The molecule has 0 bridgehead atoms. The molecular formula is C15H18ClN3O. The van der Waals surface area contributed by atoms with Gasteiger partial charge in [0.05, 0.1) is 11.6 Å². The number of aryl methyl sites for hydroxylation is 2. The Morgan fingerprint density at radius 2 is 2.05 bits per heavy atom. The number of benzene rings is 1. The molecule has 1 aromatic heterocycles. The number of halogens is 1. The summed E-state index contributed by atoms with van der Waals surface area (Å²) in [6.45, 7) is 5.15. The summed E-state index contributed by atoms with van der Waals surface area (Å²) in [4.78, 5) is 8.68. The van der Waals surface area contributed by atoms with Gasteiger partial charge in [-0.3, -0.25) is 0 Å². The highest BCUT2D eigenvalue weighted by molar-refractivity contribution is 6.32. The Kier molecular flexibility index (Phi) is 5.18. The van der Waals surface area contributed by atoms with Gasteiger partial charge in [-0.15, -0.1) is 0 Å². The molecule has 0 unspecified atom stereocenters. The summed E-state index contributed by atoms with van der Waals surface area (Å²) >= 11 is 6.01. The zero-order valence-electron chi connectivity index (χ0n) is 11.7. The van der Waals surface area contributed by atoms with Crippen molar-refractivity contribution in [3.63, 3.8) is 0 Å². The molecule has 0 aliphatic carbocycles. The third kappa shape index (κ3) is 4.10. The van der Waals surface area contributed by atoms with E-state index in [1.807, 2.05) is 37.3 Å². The summed E-state index contributed by atoms with van der Waals surface area (Å²) in [7, 11) is 0. The Morgan fingerprint density at radius 1 is 1.25 bits per heavy atom. The smallest absolute Gasteiger partial charge is 0.137 e. The number of aromatic nitrogens is 2. The molecule has 0 saturated heterocycles. The third-order valence-electron chi connectivity index (χ3n) is 2.76. The van der Waals surface area contributed by atoms with E-state index in [0.717, 1.165) is 23.8 Å². The van der Waals surface area contributed by atoms with Crippen LogP contribution in [0.1, 0.15) is 18.4 Å². The van der Waals surface area contributed by atoms with E-state index >= 15 is 0 Å². The molecule has 5 heteroatoms. The molecule has 2 rings (SSSR count). The fraction of sp³-hybridized carbons (Fsp3) is 0.333. The quantitative estimate of drug-likeness (QED) is 0.828. The maximum absolute atomic E-state index is 6.01. The number of rotatable bonds is 6. The van der Waals surface area contributed by atoms with Gasteiger partial charge >= 0.3 is 0 Å². The zero-order chi connectivity index (χ0) is 14.4. The van der Waals surface area contributed by atoms with Gasteiger partial charge in [0.2, 0.25) is 0 Å². The van der Waals surface area contributed by atoms with E-state index < -0.39 is 0 Å². The predicted octanol–water partition coefficient (Wildman–Crippen LogP) is 3.49. The largest absolute Gasteiger partial charge is 0.490 e. The summed E-state index contributed by atoms with van der Waals surface area (Å²) < 4.78 is 5.61. The van der Waals surface area contributed by atoms with Crippen LogP contribution in [0.25, 0.3) is 0 Å². The van der Waals surface area contributed by atoms with Crippen molar-refractivity contribution in [3.8, 4) is 5.75 Å². The first kappa shape index (κ1) is 14.6. The maximum Gasteiger partial charge on any atom is 0.137 e. The van der Waals surface area contributed by atoms with Gasteiger partial charge in [-0.2, -0.15) is 0 Å². The second-order valence-electron chi connectivity index (χ2n) is 4.35. The van der Waals surface area contributed by atoms with Crippen LogP contribution in [0.3, 0.4) is 0 Å². The van der Waals surface area contributed by atoms with Crippen molar-refractivity contribution in [3.05, 3.63) is 46.9 Å². The SMILES string of the molecule is CCc1cc(NCCOc2ccccc2Cl)nc(C)n1. The van der Waals surface area contributed by atoms with Crippen molar-refractivity contribution < 1.29 is 4.74 Å². The molecule has 0 spiro atoms. The molecule has 0 atom stereocenters. The average Bonchev–Trinajstić information content (AvgIpc) is 2.44. The van der Waals surface area contributed by atoms with Crippen molar-refractivity contribution in [2.24, 2.45) is 0 Å². The van der Waals surface area contributed by atoms with Crippen LogP contribution in [0.2, 0.25) is 5.02 Å². The van der Waals surface area contributed by atoms with E-state index in [0.29, 0.717) is 23.9 Å². The molecule has 1 heterocycles. The summed E-state index contributed by atoms with van der Waals surface area (Å²) in [6.07, 6.45) is 0.897. The Morgan fingerprint density at radius 3 is 2.80 bits per heavy atom. The highest BCUT2D eigenvalue weighted by Gasteiger charge is 2.01. The van der Waals surface area contributed by atoms with Gasteiger partial charge in [-0.25, -0.2) is 9.97 Å². The molecule has 0 fully saturated rings. The van der Waals surface area contributed by atoms with E-state index in [9.17, 15) is 0 Å². The Bertz CT molecular complexity index is 575. The highest BCUT2D eigenvalue weighted by Crippen LogP contribution is 2.22. The average molecular weight is 292 g/mol. The molecule has 0 saturated carbocycles. The molecule has 0 radical (unpaired) electrons. The van der Waals surface area contributed by atoms with Crippen molar-refractivity contribution in [1.82, 2.24) is 9.97 Å². The molecule has 1 N–H and O–H groups in total. The second-order valence-corrected chi connectivity index (χ2v) is 4.76.